The lowest BCUT2D eigenvalue weighted by Gasteiger charge is -2.33. The van der Waals surface area contributed by atoms with Crippen molar-refractivity contribution in [3.63, 3.8) is 0 Å². The largest absolute Gasteiger partial charge is 0.456 e. The minimum absolute atomic E-state index is 0.478. The Morgan fingerprint density at radius 2 is 2.08 bits per heavy atom. The molecular weight excluding hydrogens is 316 g/mol. The molecule has 4 rings (SSSR count). The lowest BCUT2D eigenvalue weighted by Crippen LogP contribution is -2.49. The second-order valence-corrected chi connectivity index (χ2v) is 7.12. The summed E-state index contributed by atoms with van der Waals surface area (Å²) >= 11 is 0. The highest BCUT2D eigenvalue weighted by Crippen LogP contribution is 2.51. The number of carbonyl (C=O) groups is 3. The third-order valence-electron chi connectivity index (χ3n) is 5.33. The van der Waals surface area contributed by atoms with E-state index in [9.17, 15) is 14.4 Å². The molecule has 24 heavy (non-hydrogen) atoms. The summed E-state index contributed by atoms with van der Waals surface area (Å²) in [5.74, 6) is -2.93. The van der Waals surface area contributed by atoms with Crippen LogP contribution in [0.5, 0.6) is 0 Å². The van der Waals surface area contributed by atoms with Crippen molar-refractivity contribution in [2.45, 2.75) is 63.1 Å². The number of hydrogen-bond donors (Lipinski definition) is 0. The van der Waals surface area contributed by atoms with E-state index in [1.165, 1.54) is 6.92 Å². The number of fused-ring (bicyclic) bond motifs is 1. The molecule has 7 atom stereocenters. The predicted octanol–water partition coefficient (Wildman–Crippen LogP) is 0.899. The Hall–Kier alpha value is -1.89. The fourth-order valence-electron chi connectivity index (χ4n) is 4.30. The molecule has 3 aliphatic heterocycles. The summed E-state index contributed by atoms with van der Waals surface area (Å²) in [5, 5.41) is 0. The minimum Gasteiger partial charge on any atom is -0.456 e. The van der Waals surface area contributed by atoms with Crippen LogP contribution in [0.2, 0.25) is 0 Å². The first-order valence-corrected chi connectivity index (χ1v) is 8.33. The van der Waals surface area contributed by atoms with Crippen molar-refractivity contribution >= 4 is 17.9 Å². The van der Waals surface area contributed by atoms with Crippen molar-refractivity contribution < 1.29 is 33.3 Å². The summed E-state index contributed by atoms with van der Waals surface area (Å²) < 4.78 is 22.0. The Bertz CT molecular complexity index is 626. The molecular formula is C17H20O7. The van der Waals surface area contributed by atoms with Crippen LogP contribution >= 0.6 is 0 Å². The van der Waals surface area contributed by atoms with Gasteiger partial charge in [-0.3, -0.25) is 14.4 Å². The molecule has 0 aromatic rings. The predicted molar refractivity (Wildman–Crippen MR) is 78.6 cm³/mol. The highest BCUT2D eigenvalue weighted by Gasteiger charge is 2.72. The molecule has 0 amide bonds. The van der Waals surface area contributed by atoms with Gasteiger partial charge in [-0.05, 0) is 32.3 Å². The van der Waals surface area contributed by atoms with Gasteiger partial charge in [0, 0.05) is 6.92 Å². The lowest BCUT2D eigenvalue weighted by atomic mass is 9.78. The molecule has 7 nitrogen and oxygen atoms in total. The van der Waals surface area contributed by atoms with Crippen LogP contribution in [0.15, 0.2) is 12.2 Å². The van der Waals surface area contributed by atoms with E-state index in [4.69, 9.17) is 18.9 Å². The molecule has 3 saturated heterocycles. The highest BCUT2D eigenvalue weighted by molar-refractivity contribution is 5.87. The molecule has 0 spiro atoms. The number of carbonyl (C=O) groups excluding carboxylic acids is 3. The van der Waals surface area contributed by atoms with Gasteiger partial charge in [0.2, 0.25) is 0 Å². The SMILES string of the molecule is CC(=O)OC1C2OC(=O)C3C2OC1C3C(=O)OC1(C)C=CCCC1. The smallest absolute Gasteiger partial charge is 0.313 e. The van der Waals surface area contributed by atoms with Gasteiger partial charge < -0.3 is 18.9 Å². The van der Waals surface area contributed by atoms with Crippen molar-refractivity contribution in [1.29, 1.82) is 0 Å². The topological polar surface area (TPSA) is 88.1 Å². The van der Waals surface area contributed by atoms with Crippen molar-refractivity contribution in [2.24, 2.45) is 11.8 Å². The van der Waals surface area contributed by atoms with E-state index in [1.54, 1.807) is 0 Å². The zero-order valence-corrected chi connectivity index (χ0v) is 13.6. The van der Waals surface area contributed by atoms with Gasteiger partial charge in [-0.1, -0.05) is 6.08 Å². The van der Waals surface area contributed by atoms with Gasteiger partial charge >= 0.3 is 17.9 Å². The third-order valence-corrected chi connectivity index (χ3v) is 5.33. The van der Waals surface area contributed by atoms with E-state index >= 15 is 0 Å². The maximum absolute atomic E-state index is 12.8. The van der Waals surface area contributed by atoms with Crippen molar-refractivity contribution in [3.05, 3.63) is 12.2 Å². The van der Waals surface area contributed by atoms with Crippen LogP contribution in [0.1, 0.15) is 33.1 Å². The first kappa shape index (κ1) is 15.6. The van der Waals surface area contributed by atoms with Crippen molar-refractivity contribution in [2.75, 3.05) is 0 Å². The Morgan fingerprint density at radius 1 is 1.29 bits per heavy atom. The molecule has 0 radical (unpaired) electrons. The zero-order chi connectivity index (χ0) is 17.1. The summed E-state index contributed by atoms with van der Waals surface area (Å²) in [6, 6.07) is 0. The summed E-state index contributed by atoms with van der Waals surface area (Å²) in [6.45, 7) is 3.13. The molecule has 0 aromatic carbocycles. The van der Waals surface area contributed by atoms with Gasteiger partial charge in [0.05, 0.1) is 0 Å². The van der Waals surface area contributed by atoms with E-state index in [0.29, 0.717) is 0 Å². The third kappa shape index (κ3) is 2.25. The van der Waals surface area contributed by atoms with Crippen molar-refractivity contribution in [3.8, 4) is 0 Å². The monoisotopic (exact) mass is 336 g/mol. The number of esters is 3. The second kappa shape index (κ2) is 5.31. The molecule has 7 unspecified atom stereocenters. The van der Waals surface area contributed by atoms with Crippen LogP contribution in [0, 0.1) is 11.8 Å². The molecule has 4 aliphatic rings. The molecule has 3 fully saturated rings. The molecule has 130 valence electrons. The standard InChI is InChI=1S/C17H20O7/c1-8(18)21-13-12-10(9-11(22-12)14(13)23-15(9)19)16(20)24-17(2)6-4-3-5-7-17/h4,6,9-14H,3,5,7H2,1-2H3. The lowest BCUT2D eigenvalue weighted by molar-refractivity contribution is -0.168. The maximum Gasteiger partial charge on any atom is 0.313 e. The summed E-state index contributed by atoms with van der Waals surface area (Å²) in [5.41, 5.74) is -0.671. The minimum atomic E-state index is -0.794. The van der Waals surface area contributed by atoms with E-state index in [1.807, 2.05) is 19.1 Å². The molecule has 2 bridgehead atoms. The van der Waals surface area contributed by atoms with E-state index in [2.05, 4.69) is 0 Å². The first-order chi connectivity index (χ1) is 11.4. The highest BCUT2D eigenvalue weighted by atomic mass is 16.7. The first-order valence-electron chi connectivity index (χ1n) is 8.33. The quantitative estimate of drug-likeness (QED) is 0.430. The van der Waals surface area contributed by atoms with Crippen LogP contribution in [0.4, 0.5) is 0 Å². The molecule has 1 aliphatic carbocycles. The molecule has 7 heteroatoms. The normalized spacial score (nSPS) is 45.2. The Kier molecular flexibility index (Phi) is 3.46. The van der Waals surface area contributed by atoms with Crippen LogP contribution < -0.4 is 0 Å². The fourth-order valence-corrected chi connectivity index (χ4v) is 4.30. The molecule has 3 heterocycles. The molecule has 0 aromatic heterocycles. The fraction of sp³-hybridized carbons (Fsp3) is 0.706. The Labute approximate surface area is 139 Å². The van der Waals surface area contributed by atoms with Gasteiger partial charge in [0.25, 0.3) is 0 Å². The van der Waals surface area contributed by atoms with Crippen LogP contribution in [-0.4, -0.2) is 47.9 Å². The second-order valence-electron chi connectivity index (χ2n) is 7.12. The van der Waals surface area contributed by atoms with Crippen molar-refractivity contribution in [1.82, 2.24) is 0 Å². The Balaban J connectivity index is 1.57. The van der Waals surface area contributed by atoms with E-state index in [0.717, 1.165) is 19.3 Å². The van der Waals surface area contributed by atoms with Crippen LogP contribution in [0.25, 0.3) is 0 Å². The van der Waals surface area contributed by atoms with Gasteiger partial charge in [0.1, 0.15) is 29.6 Å². The van der Waals surface area contributed by atoms with Crippen LogP contribution in [-0.2, 0) is 33.3 Å². The van der Waals surface area contributed by atoms with Gasteiger partial charge in [-0.2, -0.15) is 0 Å². The molecule has 0 saturated carbocycles. The number of ether oxygens (including phenoxy) is 4. The summed E-state index contributed by atoms with van der Waals surface area (Å²) in [4.78, 5) is 36.3. The summed E-state index contributed by atoms with van der Waals surface area (Å²) in [7, 11) is 0. The number of rotatable bonds is 3. The Morgan fingerprint density at radius 3 is 2.75 bits per heavy atom. The zero-order valence-electron chi connectivity index (χ0n) is 13.6. The average molecular weight is 336 g/mol. The van der Waals surface area contributed by atoms with Crippen LogP contribution in [0.3, 0.4) is 0 Å². The molecule has 0 N–H and O–H groups in total. The maximum atomic E-state index is 12.8. The van der Waals surface area contributed by atoms with Gasteiger partial charge in [-0.25, -0.2) is 0 Å². The van der Waals surface area contributed by atoms with E-state index in [-0.39, 0.29) is 0 Å². The van der Waals surface area contributed by atoms with Gasteiger partial charge in [0.15, 0.2) is 12.2 Å². The van der Waals surface area contributed by atoms with E-state index < -0.39 is 59.8 Å². The average Bonchev–Trinajstić information content (AvgIpc) is 3.10. The summed E-state index contributed by atoms with van der Waals surface area (Å²) in [6.07, 6.45) is 3.93. The number of allylic oxidation sites excluding steroid dienone is 1. The van der Waals surface area contributed by atoms with Gasteiger partial charge in [-0.15, -0.1) is 0 Å². The number of hydrogen-bond acceptors (Lipinski definition) is 7.